The molecule has 0 bridgehead atoms. The van der Waals surface area contributed by atoms with Gasteiger partial charge in [0, 0.05) is 12.6 Å². The van der Waals surface area contributed by atoms with Crippen LogP contribution >= 0.6 is 23.2 Å². The summed E-state index contributed by atoms with van der Waals surface area (Å²) in [6, 6.07) is 5.13. The molecule has 1 aromatic rings. The van der Waals surface area contributed by atoms with Crippen LogP contribution in [0.5, 0.6) is 0 Å². The predicted octanol–water partition coefficient (Wildman–Crippen LogP) is 2.01. The molecule has 0 aliphatic carbocycles. The minimum atomic E-state index is -1.24. The number of hydrogen-bond acceptors (Lipinski definition) is 4. The van der Waals surface area contributed by atoms with E-state index in [1.165, 1.54) is 0 Å². The lowest BCUT2D eigenvalue weighted by atomic mass is 9.83. The van der Waals surface area contributed by atoms with E-state index in [1.807, 2.05) is 0 Å². The molecule has 0 radical (unpaired) electrons. The van der Waals surface area contributed by atoms with E-state index in [0.717, 1.165) is 24.8 Å². The van der Waals surface area contributed by atoms with E-state index in [0.29, 0.717) is 29.3 Å². The van der Waals surface area contributed by atoms with Gasteiger partial charge in [-0.15, -0.1) is 0 Å². The van der Waals surface area contributed by atoms with Crippen molar-refractivity contribution in [3.05, 3.63) is 33.8 Å². The van der Waals surface area contributed by atoms with Gasteiger partial charge in [0.2, 0.25) is 5.91 Å². The Kier molecular flexibility index (Phi) is 9.59. The van der Waals surface area contributed by atoms with Crippen LogP contribution in [0.3, 0.4) is 0 Å². The molecule has 1 unspecified atom stereocenters. The first-order valence-electron chi connectivity index (χ1n) is 7.71. The molecule has 1 rings (SSSR count). The number of rotatable bonds is 10. The van der Waals surface area contributed by atoms with Gasteiger partial charge in [-0.05, 0) is 36.9 Å². The third-order valence-electron chi connectivity index (χ3n) is 3.47. The molecular formula is C15H23BCl2N2O3. The molecule has 1 aromatic carbocycles. The van der Waals surface area contributed by atoms with E-state index in [-0.39, 0.29) is 18.4 Å². The molecule has 1 amide bonds. The van der Waals surface area contributed by atoms with E-state index in [2.05, 4.69) is 5.32 Å². The third-order valence-corrected chi connectivity index (χ3v) is 4.21. The Bertz CT molecular complexity index is 504. The van der Waals surface area contributed by atoms with Crippen LogP contribution in [0.4, 0.5) is 0 Å². The van der Waals surface area contributed by atoms with Gasteiger partial charge in [0.1, 0.15) is 0 Å². The molecular weight excluding hydrogens is 338 g/mol. The second-order valence-electron chi connectivity index (χ2n) is 5.59. The SMILES string of the molecule is NC(CCCCB(O)O)CCNC(=O)Cc1ccc(Cl)c(Cl)c1. The molecule has 0 aromatic heterocycles. The Morgan fingerprint density at radius 2 is 1.96 bits per heavy atom. The van der Waals surface area contributed by atoms with Crippen LogP contribution in [0.15, 0.2) is 18.2 Å². The third kappa shape index (κ3) is 9.18. The number of benzene rings is 1. The molecule has 0 aliphatic heterocycles. The van der Waals surface area contributed by atoms with Gasteiger partial charge in [0.15, 0.2) is 0 Å². The van der Waals surface area contributed by atoms with E-state index in [9.17, 15) is 4.79 Å². The topological polar surface area (TPSA) is 95.6 Å². The highest BCUT2D eigenvalue weighted by molar-refractivity contribution is 6.42. The smallest absolute Gasteiger partial charge is 0.427 e. The quantitative estimate of drug-likeness (QED) is 0.379. The fourth-order valence-electron chi connectivity index (χ4n) is 2.17. The summed E-state index contributed by atoms with van der Waals surface area (Å²) in [6.45, 7) is 0.518. The zero-order valence-corrected chi connectivity index (χ0v) is 14.5. The Morgan fingerprint density at radius 1 is 1.22 bits per heavy atom. The predicted molar refractivity (Wildman–Crippen MR) is 94.6 cm³/mol. The van der Waals surface area contributed by atoms with Crippen molar-refractivity contribution in [1.82, 2.24) is 5.32 Å². The molecule has 128 valence electrons. The van der Waals surface area contributed by atoms with E-state index in [4.69, 9.17) is 39.0 Å². The minimum Gasteiger partial charge on any atom is -0.427 e. The monoisotopic (exact) mass is 360 g/mol. The van der Waals surface area contributed by atoms with Gasteiger partial charge in [0.05, 0.1) is 16.5 Å². The van der Waals surface area contributed by atoms with Crippen molar-refractivity contribution in [2.45, 2.75) is 44.5 Å². The maximum atomic E-state index is 11.8. The largest absolute Gasteiger partial charge is 0.451 e. The number of carbonyl (C=O) groups excluding carboxylic acids is 1. The maximum Gasteiger partial charge on any atom is 0.451 e. The highest BCUT2D eigenvalue weighted by Gasteiger charge is 2.09. The molecule has 0 spiro atoms. The van der Waals surface area contributed by atoms with Crippen LogP contribution in [0, 0.1) is 0 Å². The van der Waals surface area contributed by atoms with Gasteiger partial charge in [-0.2, -0.15) is 0 Å². The molecule has 5 nitrogen and oxygen atoms in total. The van der Waals surface area contributed by atoms with Crippen molar-refractivity contribution < 1.29 is 14.8 Å². The number of nitrogens with one attached hydrogen (secondary N) is 1. The molecule has 8 heteroatoms. The fraction of sp³-hybridized carbons (Fsp3) is 0.533. The first-order valence-corrected chi connectivity index (χ1v) is 8.46. The first kappa shape index (κ1) is 20.3. The highest BCUT2D eigenvalue weighted by Crippen LogP contribution is 2.22. The number of nitrogens with two attached hydrogens (primary N) is 1. The molecule has 0 saturated heterocycles. The van der Waals surface area contributed by atoms with E-state index < -0.39 is 7.12 Å². The molecule has 0 saturated carbocycles. The molecule has 0 aliphatic rings. The van der Waals surface area contributed by atoms with Gasteiger partial charge in [0.25, 0.3) is 0 Å². The lowest BCUT2D eigenvalue weighted by Gasteiger charge is -2.12. The molecule has 1 atom stereocenters. The summed E-state index contributed by atoms with van der Waals surface area (Å²) in [5.74, 6) is -0.0843. The van der Waals surface area contributed by atoms with Gasteiger partial charge in [-0.3, -0.25) is 4.79 Å². The van der Waals surface area contributed by atoms with Gasteiger partial charge in [-0.1, -0.05) is 42.1 Å². The molecule has 0 fully saturated rings. The maximum absolute atomic E-state index is 11.8. The minimum absolute atomic E-state index is 0.00360. The summed E-state index contributed by atoms with van der Waals surface area (Å²) < 4.78 is 0. The van der Waals surface area contributed by atoms with Crippen molar-refractivity contribution in [1.29, 1.82) is 0 Å². The van der Waals surface area contributed by atoms with Crippen LogP contribution in [-0.4, -0.2) is 35.7 Å². The lowest BCUT2D eigenvalue weighted by molar-refractivity contribution is -0.120. The van der Waals surface area contributed by atoms with Gasteiger partial charge >= 0.3 is 7.12 Å². The standard InChI is InChI=1S/C15H23BCl2N2O3/c17-13-5-4-11(9-14(13)18)10-15(21)20-8-6-12(19)3-1-2-7-16(22)23/h4-5,9,12,22-23H,1-3,6-8,10,19H2,(H,20,21). The second kappa shape index (κ2) is 10.9. The average Bonchev–Trinajstić information content (AvgIpc) is 2.47. The molecule has 23 heavy (non-hydrogen) atoms. The summed E-state index contributed by atoms with van der Waals surface area (Å²) in [5.41, 5.74) is 6.77. The van der Waals surface area contributed by atoms with Crippen molar-refractivity contribution in [2.75, 3.05) is 6.54 Å². The normalized spacial score (nSPS) is 12.0. The Balaban J connectivity index is 2.17. The highest BCUT2D eigenvalue weighted by atomic mass is 35.5. The average molecular weight is 361 g/mol. The van der Waals surface area contributed by atoms with Crippen molar-refractivity contribution in [3.63, 3.8) is 0 Å². The van der Waals surface area contributed by atoms with E-state index in [1.54, 1.807) is 18.2 Å². The summed E-state index contributed by atoms with van der Waals surface area (Å²) in [5, 5.41) is 21.2. The summed E-state index contributed by atoms with van der Waals surface area (Å²) in [4.78, 5) is 11.8. The van der Waals surface area contributed by atoms with Crippen LogP contribution in [0.25, 0.3) is 0 Å². The van der Waals surface area contributed by atoms with E-state index >= 15 is 0 Å². The summed E-state index contributed by atoms with van der Waals surface area (Å²) in [6.07, 6.45) is 3.68. The van der Waals surface area contributed by atoms with Crippen LogP contribution in [-0.2, 0) is 11.2 Å². The van der Waals surface area contributed by atoms with Crippen LogP contribution in [0.1, 0.15) is 31.2 Å². The second-order valence-corrected chi connectivity index (χ2v) is 6.40. The first-order chi connectivity index (χ1) is 10.9. The number of carbonyl (C=O) groups is 1. The zero-order chi connectivity index (χ0) is 17.2. The Labute approximate surface area is 147 Å². The van der Waals surface area contributed by atoms with Crippen LogP contribution in [0.2, 0.25) is 16.4 Å². The van der Waals surface area contributed by atoms with Gasteiger partial charge in [-0.25, -0.2) is 0 Å². The van der Waals surface area contributed by atoms with Crippen molar-refractivity contribution in [2.24, 2.45) is 5.73 Å². The Morgan fingerprint density at radius 3 is 2.61 bits per heavy atom. The number of halogens is 2. The lowest BCUT2D eigenvalue weighted by Crippen LogP contribution is -2.31. The number of amides is 1. The fourth-order valence-corrected chi connectivity index (χ4v) is 2.49. The number of hydrogen-bond donors (Lipinski definition) is 4. The van der Waals surface area contributed by atoms with Crippen molar-refractivity contribution >= 4 is 36.2 Å². The van der Waals surface area contributed by atoms with Crippen LogP contribution < -0.4 is 11.1 Å². The zero-order valence-electron chi connectivity index (χ0n) is 13.0. The summed E-state index contributed by atoms with van der Waals surface area (Å²) in [7, 11) is -1.24. The molecule has 5 N–H and O–H groups in total. The number of unbranched alkanes of at least 4 members (excludes halogenated alkanes) is 1. The van der Waals surface area contributed by atoms with Crippen molar-refractivity contribution in [3.8, 4) is 0 Å². The Hall–Kier alpha value is -0.785. The van der Waals surface area contributed by atoms with Gasteiger partial charge < -0.3 is 21.1 Å². The molecule has 0 heterocycles. The summed E-state index contributed by atoms with van der Waals surface area (Å²) >= 11 is 11.7.